The van der Waals surface area contributed by atoms with Gasteiger partial charge in [-0.15, -0.1) is 0 Å². The van der Waals surface area contributed by atoms with E-state index in [0.29, 0.717) is 27.8 Å². The molecule has 1 N–H and O–H groups in total. The maximum atomic E-state index is 13.3. The Labute approximate surface area is 218 Å². The van der Waals surface area contributed by atoms with E-state index in [4.69, 9.17) is 23.2 Å². The number of carbonyl (C=O) groups excluding carboxylic acids is 2. The minimum Gasteiger partial charge on any atom is -0.354 e. The summed E-state index contributed by atoms with van der Waals surface area (Å²) in [5.41, 5.74) is 2.03. The van der Waals surface area contributed by atoms with Gasteiger partial charge in [-0.05, 0) is 56.5 Å². The second kappa shape index (κ2) is 13.1. The summed E-state index contributed by atoms with van der Waals surface area (Å²) in [7, 11) is -3.54. The molecular formula is C25H33Cl2N3O4S. The minimum absolute atomic E-state index is 0.0469. The van der Waals surface area contributed by atoms with Gasteiger partial charge in [0.05, 0.1) is 11.9 Å². The van der Waals surface area contributed by atoms with E-state index >= 15 is 0 Å². The second-order valence-electron chi connectivity index (χ2n) is 8.47. The summed E-state index contributed by atoms with van der Waals surface area (Å²) >= 11 is 12.7. The van der Waals surface area contributed by atoms with Gasteiger partial charge in [-0.3, -0.25) is 13.9 Å². The van der Waals surface area contributed by atoms with Gasteiger partial charge in [0.25, 0.3) is 0 Å². The molecule has 2 rings (SSSR count). The lowest BCUT2D eigenvalue weighted by atomic mass is 10.1. The van der Waals surface area contributed by atoms with Crippen LogP contribution in [0.3, 0.4) is 0 Å². The first-order chi connectivity index (χ1) is 16.5. The maximum Gasteiger partial charge on any atom is 0.242 e. The van der Waals surface area contributed by atoms with Crippen LogP contribution in [0.4, 0.5) is 5.69 Å². The number of anilines is 1. The van der Waals surface area contributed by atoms with Crippen molar-refractivity contribution in [3.05, 3.63) is 63.6 Å². The number of rotatable bonds is 12. The summed E-state index contributed by atoms with van der Waals surface area (Å²) in [6, 6.07) is 11.5. The van der Waals surface area contributed by atoms with E-state index in [9.17, 15) is 18.0 Å². The van der Waals surface area contributed by atoms with E-state index in [1.165, 1.54) is 9.21 Å². The van der Waals surface area contributed by atoms with Gasteiger partial charge in [-0.2, -0.15) is 0 Å². The fourth-order valence-corrected chi connectivity index (χ4v) is 5.09. The Bertz CT molecular complexity index is 1120. The third-order valence-corrected chi connectivity index (χ3v) is 7.45. The molecule has 0 aromatic heterocycles. The molecule has 0 radical (unpaired) electrons. The maximum absolute atomic E-state index is 13.3. The van der Waals surface area contributed by atoms with Gasteiger partial charge >= 0.3 is 0 Å². The molecule has 2 amide bonds. The van der Waals surface area contributed by atoms with E-state index in [0.717, 1.165) is 18.2 Å². The molecule has 1 atom stereocenters. The lowest BCUT2D eigenvalue weighted by Gasteiger charge is -2.30. The molecule has 2 aromatic rings. The van der Waals surface area contributed by atoms with E-state index in [-0.39, 0.29) is 37.7 Å². The van der Waals surface area contributed by atoms with Gasteiger partial charge in [0, 0.05) is 41.7 Å². The zero-order valence-corrected chi connectivity index (χ0v) is 22.9. The Morgan fingerprint density at radius 1 is 1.09 bits per heavy atom. The number of hydrogen-bond donors (Lipinski definition) is 1. The third-order valence-electron chi connectivity index (χ3n) is 5.55. The molecular weight excluding hydrogens is 509 g/mol. The van der Waals surface area contributed by atoms with Crippen LogP contribution in [0.5, 0.6) is 0 Å². The van der Waals surface area contributed by atoms with Crippen molar-refractivity contribution in [3.63, 3.8) is 0 Å². The van der Waals surface area contributed by atoms with Crippen molar-refractivity contribution < 1.29 is 18.0 Å². The first-order valence-electron chi connectivity index (χ1n) is 11.5. The highest BCUT2D eigenvalue weighted by Gasteiger charge is 2.27. The fraction of sp³-hybridized carbons (Fsp3) is 0.440. The van der Waals surface area contributed by atoms with E-state index in [2.05, 4.69) is 5.32 Å². The summed E-state index contributed by atoms with van der Waals surface area (Å²) in [5, 5.41) is 3.62. The summed E-state index contributed by atoms with van der Waals surface area (Å²) < 4.78 is 26.1. The second-order valence-corrected chi connectivity index (χ2v) is 11.2. The molecule has 0 spiro atoms. The molecule has 0 saturated heterocycles. The molecule has 1 unspecified atom stereocenters. The van der Waals surface area contributed by atoms with Crippen LogP contribution in [0, 0.1) is 6.92 Å². The SMILES string of the molecule is CCCNC(=O)C(C)N(Cc1c(Cl)cccc1Cl)C(=O)CCCN(c1cccc(C)c1)S(C)(=O)=O. The van der Waals surface area contributed by atoms with Crippen LogP contribution in [-0.4, -0.2) is 50.5 Å². The molecule has 0 bridgehead atoms. The van der Waals surface area contributed by atoms with Gasteiger partial charge in [-0.1, -0.05) is 48.3 Å². The van der Waals surface area contributed by atoms with Crippen LogP contribution in [-0.2, 0) is 26.2 Å². The number of hydrogen-bond acceptors (Lipinski definition) is 4. The summed E-state index contributed by atoms with van der Waals surface area (Å²) in [6.45, 7) is 6.17. The standard InChI is InChI=1S/C25H33Cl2N3O4S/c1-5-14-28-25(32)19(3)29(17-21-22(26)11-7-12-23(21)27)24(31)13-8-15-30(35(4,33)34)20-10-6-9-18(2)16-20/h6-7,9-12,16,19H,5,8,13-15,17H2,1-4H3,(H,28,32). The van der Waals surface area contributed by atoms with Gasteiger partial charge in [-0.25, -0.2) is 8.42 Å². The van der Waals surface area contributed by atoms with Crippen molar-refractivity contribution in [1.29, 1.82) is 0 Å². The van der Waals surface area contributed by atoms with E-state index < -0.39 is 16.1 Å². The number of nitrogens with zero attached hydrogens (tertiary/aromatic N) is 2. The van der Waals surface area contributed by atoms with Gasteiger partial charge in [0.15, 0.2) is 0 Å². The van der Waals surface area contributed by atoms with Crippen LogP contribution in [0.1, 0.15) is 44.2 Å². The third kappa shape index (κ3) is 8.40. The van der Waals surface area contributed by atoms with Gasteiger partial charge in [0.1, 0.15) is 6.04 Å². The van der Waals surface area contributed by atoms with Crippen molar-refractivity contribution in [1.82, 2.24) is 10.2 Å². The van der Waals surface area contributed by atoms with Crippen molar-refractivity contribution in [2.75, 3.05) is 23.7 Å². The smallest absolute Gasteiger partial charge is 0.242 e. The number of carbonyl (C=O) groups is 2. The topological polar surface area (TPSA) is 86.8 Å². The average molecular weight is 543 g/mol. The minimum atomic E-state index is -3.54. The van der Waals surface area contributed by atoms with Gasteiger partial charge in [0.2, 0.25) is 21.8 Å². The highest BCUT2D eigenvalue weighted by molar-refractivity contribution is 7.92. The van der Waals surface area contributed by atoms with Crippen molar-refractivity contribution >= 4 is 50.7 Å². The predicted molar refractivity (Wildman–Crippen MR) is 142 cm³/mol. The molecule has 35 heavy (non-hydrogen) atoms. The first kappa shape index (κ1) is 28.9. The van der Waals surface area contributed by atoms with Crippen molar-refractivity contribution in [3.8, 4) is 0 Å². The number of sulfonamides is 1. The molecule has 0 aliphatic heterocycles. The zero-order valence-electron chi connectivity index (χ0n) is 20.6. The molecule has 0 heterocycles. The van der Waals surface area contributed by atoms with Crippen LogP contribution < -0.4 is 9.62 Å². The number of amides is 2. The number of halogens is 2. The quantitative estimate of drug-likeness (QED) is 0.418. The van der Waals surface area contributed by atoms with Crippen molar-refractivity contribution in [2.45, 2.75) is 52.6 Å². The Morgan fingerprint density at radius 3 is 2.29 bits per heavy atom. The van der Waals surface area contributed by atoms with E-state index in [1.807, 2.05) is 19.9 Å². The Morgan fingerprint density at radius 2 is 1.71 bits per heavy atom. The monoisotopic (exact) mass is 541 g/mol. The summed E-state index contributed by atoms with van der Waals surface area (Å²) in [4.78, 5) is 27.4. The molecule has 192 valence electrons. The van der Waals surface area contributed by atoms with Crippen LogP contribution in [0.2, 0.25) is 10.0 Å². The number of benzene rings is 2. The Balaban J connectivity index is 2.21. The molecule has 0 saturated carbocycles. The lowest BCUT2D eigenvalue weighted by Crippen LogP contribution is -2.48. The normalized spacial score (nSPS) is 12.2. The highest BCUT2D eigenvalue weighted by Crippen LogP contribution is 2.27. The molecule has 10 heteroatoms. The molecule has 2 aromatic carbocycles. The zero-order chi connectivity index (χ0) is 26.2. The Kier molecular flexibility index (Phi) is 10.9. The van der Waals surface area contributed by atoms with Crippen molar-refractivity contribution in [2.24, 2.45) is 0 Å². The predicted octanol–water partition coefficient (Wildman–Crippen LogP) is 4.79. The Hall–Kier alpha value is -2.29. The summed E-state index contributed by atoms with van der Waals surface area (Å²) in [6.07, 6.45) is 2.23. The lowest BCUT2D eigenvalue weighted by molar-refractivity contribution is -0.140. The largest absolute Gasteiger partial charge is 0.354 e. The molecule has 0 aliphatic carbocycles. The van der Waals surface area contributed by atoms with Crippen LogP contribution in [0.15, 0.2) is 42.5 Å². The fourth-order valence-electron chi connectivity index (χ4n) is 3.62. The van der Waals surface area contributed by atoms with Crippen LogP contribution in [0.25, 0.3) is 0 Å². The van der Waals surface area contributed by atoms with Gasteiger partial charge < -0.3 is 10.2 Å². The first-order valence-corrected chi connectivity index (χ1v) is 14.1. The number of nitrogens with one attached hydrogen (secondary N) is 1. The highest BCUT2D eigenvalue weighted by atomic mass is 35.5. The molecule has 0 aliphatic rings. The van der Waals surface area contributed by atoms with Crippen LogP contribution >= 0.6 is 23.2 Å². The molecule has 0 fully saturated rings. The van der Waals surface area contributed by atoms with E-state index in [1.54, 1.807) is 43.3 Å². The summed E-state index contributed by atoms with van der Waals surface area (Å²) in [5.74, 6) is -0.571. The molecule has 7 nitrogen and oxygen atoms in total. The average Bonchev–Trinajstić information content (AvgIpc) is 2.78. The number of aryl methyl sites for hydroxylation is 1.